The fourth-order valence-electron chi connectivity index (χ4n) is 2.18. The molecule has 2 aromatic rings. The molecule has 1 unspecified atom stereocenters. The molecule has 0 bridgehead atoms. The summed E-state index contributed by atoms with van der Waals surface area (Å²) >= 11 is 1.30. The second kappa shape index (κ2) is 5.27. The van der Waals surface area contributed by atoms with Gasteiger partial charge in [-0.15, -0.1) is 0 Å². The number of hydrogen-bond donors (Lipinski definition) is 1. The van der Waals surface area contributed by atoms with Crippen molar-refractivity contribution in [2.45, 2.75) is 15.9 Å². The number of ketones is 3. The summed E-state index contributed by atoms with van der Waals surface area (Å²) < 4.78 is 0. The molecule has 0 amide bonds. The van der Waals surface area contributed by atoms with E-state index in [1.54, 1.807) is 12.1 Å². The van der Waals surface area contributed by atoms with Crippen molar-refractivity contribution in [3.05, 3.63) is 59.7 Å². The van der Waals surface area contributed by atoms with Gasteiger partial charge >= 0.3 is 0 Å². The van der Waals surface area contributed by atoms with Crippen molar-refractivity contribution in [1.29, 1.82) is 0 Å². The summed E-state index contributed by atoms with van der Waals surface area (Å²) in [6.07, 6.45) is -1.87. The predicted molar refractivity (Wildman–Crippen MR) is 76.7 cm³/mol. The van der Waals surface area contributed by atoms with E-state index in [4.69, 9.17) is 0 Å². The zero-order valence-corrected chi connectivity index (χ0v) is 11.6. The first-order chi connectivity index (χ1) is 10.1. The van der Waals surface area contributed by atoms with Crippen LogP contribution in [-0.2, 0) is 4.79 Å². The van der Waals surface area contributed by atoms with Crippen LogP contribution in [0.3, 0.4) is 0 Å². The standard InChI is InChI=1S/C16H10O4S/c17-13-10-7-4-8-11(21-9-5-2-1-3-6-9)12(10)14(18)16(20)15(13)19/h1-8,15,19H. The minimum Gasteiger partial charge on any atom is -0.377 e. The molecule has 0 fully saturated rings. The third kappa shape index (κ3) is 2.30. The van der Waals surface area contributed by atoms with Crippen LogP contribution >= 0.6 is 11.8 Å². The molecule has 0 aromatic heterocycles. The molecule has 1 aliphatic carbocycles. The lowest BCUT2D eigenvalue weighted by Gasteiger charge is -2.19. The molecule has 0 saturated carbocycles. The van der Waals surface area contributed by atoms with Crippen LogP contribution in [0.1, 0.15) is 20.7 Å². The van der Waals surface area contributed by atoms with Crippen LogP contribution < -0.4 is 0 Å². The Bertz CT molecular complexity index is 752. The number of rotatable bonds is 2. The van der Waals surface area contributed by atoms with Gasteiger partial charge in [0, 0.05) is 15.4 Å². The molecule has 1 N–H and O–H groups in total. The van der Waals surface area contributed by atoms with Crippen LogP contribution in [-0.4, -0.2) is 28.6 Å². The Morgan fingerprint density at radius 2 is 1.57 bits per heavy atom. The molecule has 4 nitrogen and oxygen atoms in total. The van der Waals surface area contributed by atoms with E-state index in [0.717, 1.165) is 4.90 Å². The number of fused-ring (bicyclic) bond motifs is 1. The van der Waals surface area contributed by atoms with Crippen LogP contribution in [0.15, 0.2) is 58.3 Å². The molecule has 5 heteroatoms. The lowest BCUT2D eigenvalue weighted by Crippen LogP contribution is -2.41. The van der Waals surface area contributed by atoms with E-state index in [-0.39, 0.29) is 11.1 Å². The van der Waals surface area contributed by atoms with Crippen LogP contribution in [0.25, 0.3) is 0 Å². The first kappa shape index (κ1) is 13.7. The molecule has 21 heavy (non-hydrogen) atoms. The number of aliphatic hydroxyl groups excluding tert-OH is 1. The van der Waals surface area contributed by atoms with Crippen LogP contribution in [0.5, 0.6) is 0 Å². The highest BCUT2D eigenvalue weighted by molar-refractivity contribution is 7.99. The Labute approximate surface area is 124 Å². The highest BCUT2D eigenvalue weighted by atomic mass is 32.2. The first-order valence-corrected chi connectivity index (χ1v) is 7.08. The van der Waals surface area contributed by atoms with Gasteiger partial charge in [-0.1, -0.05) is 42.1 Å². The lowest BCUT2D eigenvalue weighted by molar-refractivity contribution is -0.120. The van der Waals surface area contributed by atoms with Gasteiger partial charge in [0.25, 0.3) is 0 Å². The fraction of sp³-hybridized carbons (Fsp3) is 0.0625. The molecule has 0 radical (unpaired) electrons. The van der Waals surface area contributed by atoms with Gasteiger partial charge in [-0.3, -0.25) is 14.4 Å². The van der Waals surface area contributed by atoms with Crippen molar-refractivity contribution in [2.75, 3.05) is 0 Å². The summed E-state index contributed by atoms with van der Waals surface area (Å²) in [5.74, 6) is -2.59. The summed E-state index contributed by atoms with van der Waals surface area (Å²) in [5.41, 5.74) is 0.194. The van der Waals surface area contributed by atoms with Crippen LogP contribution in [0.2, 0.25) is 0 Å². The van der Waals surface area contributed by atoms with E-state index in [1.807, 2.05) is 30.3 Å². The minimum atomic E-state index is -1.87. The van der Waals surface area contributed by atoms with Gasteiger partial charge in [0.2, 0.25) is 11.6 Å². The highest BCUT2D eigenvalue weighted by Gasteiger charge is 2.40. The summed E-state index contributed by atoms with van der Waals surface area (Å²) in [6, 6.07) is 14.1. The number of benzene rings is 2. The highest BCUT2D eigenvalue weighted by Crippen LogP contribution is 2.34. The summed E-state index contributed by atoms with van der Waals surface area (Å²) in [4.78, 5) is 37.2. The van der Waals surface area contributed by atoms with E-state index < -0.39 is 23.5 Å². The quantitative estimate of drug-likeness (QED) is 0.679. The zero-order valence-electron chi connectivity index (χ0n) is 10.8. The smallest absolute Gasteiger partial charge is 0.239 e. The molecule has 0 saturated heterocycles. The topological polar surface area (TPSA) is 71.4 Å². The van der Waals surface area contributed by atoms with Crippen molar-refractivity contribution in [2.24, 2.45) is 0 Å². The molecular formula is C16H10O4S. The average Bonchev–Trinajstić information content (AvgIpc) is 2.51. The van der Waals surface area contributed by atoms with Crippen LogP contribution in [0.4, 0.5) is 0 Å². The van der Waals surface area contributed by atoms with E-state index in [0.29, 0.717) is 4.90 Å². The van der Waals surface area contributed by atoms with Gasteiger partial charge in [0.15, 0.2) is 11.9 Å². The summed E-state index contributed by atoms with van der Waals surface area (Å²) in [5, 5.41) is 9.52. The third-order valence-electron chi connectivity index (χ3n) is 3.21. The fourth-order valence-corrected chi connectivity index (χ4v) is 3.18. The van der Waals surface area contributed by atoms with Gasteiger partial charge in [0.05, 0.1) is 5.56 Å². The van der Waals surface area contributed by atoms with E-state index in [2.05, 4.69) is 0 Å². The third-order valence-corrected chi connectivity index (χ3v) is 4.28. The van der Waals surface area contributed by atoms with Gasteiger partial charge in [-0.25, -0.2) is 0 Å². The number of hydrogen-bond acceptors (Lipinski definition) is 5. The number of carbonyl (C=O) groups excluding carboxylic acids is 3. The van der Waals surface area contributed by atoms with Gasteiger partial charge in [-0.2, -0.15) is 0 Å². The SMILES string of the molecule is O=C1C(=O)C(O)C(=O)c2cccc(Sc3ccccc3)c21. The average molecular weight is 298 g/mol. The van der Waals surface area contributed by atoms with Gasteiger partial charge < -0.3 is 5.11 Å². The first-order valence-electron chi connectivity index (χ1n) is 6.26. The number of aliphatic hydroxyl groups is 1. The molecule has 2 aromatic carbocycles. The molecule has 104 valence electrons. The molecule has 1 atom stereocenters. The Morgan fingerprint density at radius 1 is 0.857 bits per heavy atom. The van der Waals surface area contributed by atoms with E-state index >= 15 is 0 Å². The maximum absolute atomic E-state index is 12.1. The second-order valence-corrected chi connectivity index (χ2v) is 5.67. The monoisotopic (exact) mass is 298 g/mol. The minimum absolute atomic E-state index is 0.0895. The Morgan fingerprint density at radius 3 is 2.29 bits per heavy atom. The molecule has 0 aliphatic heterocycles. The Balaban J connectivity index is 2.11. The molecule has 0 spiro atoms. The number of carbonyl (C=O) groups is 3. The maximum Gasteiger partial charge on any atom is 0.239 e. The van der Waals surface area contributed by atoms with Crippen molar-refractivity contribution in [3.63, 3.8) is 0 Å². The summed E-state index contributed by atoms with van der Waals surface area (Å²) in [7, 11) is 0. The lowest BCUT2D eigenvalue weighted by atomic mass is 9.87. The predicted octanol–water partition coefficient (Wildman–Crippen LogP) is 2.15. The number of Topliss-reactive ketones (excluding diaryl/α,β-unsaturated/α-hetero) is 3. The zero-order chi connectivity index (χ0) is 15.0. The van der Waals surface area contributed by atoms with Crippen LogP contribution in [0, 0.1) is 0 Å². The normalized spacial score (nSPS) is 17.8. The largest absolute Gasteiger partial charge is 0.377 e. The molecule has 1 aliphatic rings. The van der Waals surface area contributed by atoms with Crippen molar-refractivity contribution < 1.29 is 19.5 Å². The molecule has 0 heterocycles. The maximum atomic E-state index is 12.1. The Kier molecular flexibility index (Phi) is 3.45. The van der Waals surface area contributed by atoms with E-state index in [9.17, 15) is 19.5 Å². The van der Waals surface area contributed by atoms with Crippen molar-refractivity contribution in [3.8, 4) is 0 Å². The van der Waals surface area contributed by atoms with Crippen molar-refractivity contribution >= 4 is 29.1 Å². The molecule has 3 rings (SSSR count). The summed E-state index contributed by atoms with van der Waals surface area (Å²) in [6.45, 7) is 0. The van der Waals surface area contributed by atoms with Gasteiger partial charge in [-0.05, 0) is 18.2 Å². The van der Waals surface area contributed by atoms with E-state index in [1.165, 1.54) is 17.8 Å². The molecular weight excluding hydrogens is 288 g/mol. The second-order valence-electron chi connectivity index (χ2n) is 4.55. The van der Waals surface area contributed by atoms with Crippen molar-refractivity contribution in [1.82, 2.24) is 0 Å². The Hall–Kier alpha value is -2.24. The van der Waals surface area contributed by atoms with Gasteiger partial charge in [0.1, 0.15) is 0 Å².